The first kappa shape index (κ1) is 12.9. The summed E-state index contributed by atoms with van der Waals surface area (Å²) in [6.45, 7) is 0. The molecule has 0 heterocycles. The summed E-state index contributed by atoms with van der Waals surface area (Å²) >= 11 is 0. The van der Waals surface area contributed by atoms with Gasteiger partial charge in [0.05, 0.1) is 7.11 Å². The molecule has 0 aliphatic heterocycles. The maximum Gasteiger partial charge on any atom is 0.262 e. The summed E-state index contributed by atoms with van der Waals surface area (Å²) in [5, 5.41) is 2.59. The van der Waals surface area contributed by atoms with Crippen molar-refractivity contribution in [2.45, 2.75) is 0 Å². The van der Waals surface area contributed by atoms with Gasteiger partial charge >= 0.3 is 0 Å². The van der Waals surface area contributed by atoms with Gasteiger partial charge in [-0.2, -0.15) is 0 Å². The Kier molecular flexibility index (Phi) is 3.66. The molecule has 0 aliphatic carbocycles. The van der Waals surface area contributed by atoms with Gasteiger partial charge < -0.3 is 15.8 Å². The average molecular weight is 260 g/mol. The first-order chi connectivity index (χ1) is 9.11. The molecule has 0 saturated carbocycles. The first-order valence-electron chi connectivity index (χ1n) is 5.61. The number of halogens is 1. The minimum Gasteiger partial charge on any atom is -0.496 e. The van der Waals surface area contributed by atoms with Gasteiger partial charge in [-0.1, -0.05) is 6.07 Å². The van der Waals surface area contributed by atoms with Crippen LogP contribution in [0, 0.1) is 5.82 Å². The number of carbonyl (C=O) groups excluding carboxylic acids is 1. The summed E-state index contributed by atoms with van der Waals surface area (Å²) in [5.41, 5.74) is 6.54. The zero-order chi connectivity index (χ0) is 13.8. The van der Waals surface area contributed by atoms with Crippen LogP contribution >= 0.6 is 0 Å². The number of amides is 1. The van der Waals surface area contributed by atoms with Crippen LogP contribution in [0.3, 0.4) is 0 Å². The van der Waals surface area contributed by atoms with Crippen molar-refractivity contribution in [3.8, 4) is 5.75 Å². The van der Waals surface area contributed by atoms with Gasteiger partial charge in [0.2, 0.25) is 0 Å². The van der Waals surface area contributed by atoms with Gasteiger partial charge in [-0.3, -0.25) is 4.79 Å². The highest BCUT2D eigenvalue weighted by molar-refractivity contribution is 6.06. The Bertz CT molecular complexity index is 597. The molecule has 4 nitrogen and oxygen atoms in total. The standard InChI is InChI=1S/C14H13FN2O2/c1-19-12-4-2-3-11(15)13(12)14(18)17-10-7-5-9(16)6-8-10/h2-8H,16H2,1H3,(H,17,18). The lowest BCUT2D eigenvalue weighted by atomic mass is 10.1. The third-order valence-electron chi connectivity index (χ3n) is 2.59. The van der Waals surface area contributed by atoms with Crippen LogP contribution in [0.4, 0.5) is 15.8 Å². The summed E-state index contributed by atoms with van der Waals surface area (Å²) in [4.78, 5) is 12.0. The van der Waals surface area contributed by atoms with Crippen LogP contribution in [0.5, 0.6) is 5.75 Å². The molecule has 0 bridgehead atoms. The minimum absolute atomic E-state index is 0.123. The molecule has 2 rings (SSSR count). The molecule has 0 atom stereocenters. The van der Waals surface area contributed by atoms with Crippen molar-refractivity contribution in [3.63, 3.8) is 0 Å². The van der Waals surface area contributed by atoms with E-state index in [0.29, 0.717) is 11.4 Å². The molecule has 0 saturated heterocycles. The van der Waals surface area contributed by atoms with Crippen molar-refractivity contribution in [1.82, 2.24) is 0 Å². The van der Waals surface area contributed by atoms with E-state index in [2.05, 4.69) is 5.32 Å². The van der Waals surface area contributed by atoms with E-state index >= 15 is 0 Å². The number of benzene rings is 2. The number of ether oxygens (including phenoxy) is 1. The van der Waals surface area contributed by atoms with Crippen LogP contribution in [0.2, 0.25) is 0 Å². The zero-order valence-corrected chi connectivity index (χ0v) is 10.3. The number of hydrogen-bond acceptors (Lipinski definition) is 3. The second-order valence-corrected chi connectivity index (χ2v) is 3.89. The van der Waals surface area contributed by atoms with Gasteiger partial charge in [0.25, 0.3) is 5.91 Å². The van der Waals surface area contributed by atoms with Gasteiger partial charge in [-0.15, -0.1) is 0 Å². The van der Waals surface area contributed by atoms with Crippen molar-refractivity contribution in [3.05, 3.63) is 53.8 Å². The SMILES string of the molecule is COc1cccc(F)c1C(=O)Nc1ccc(N)cc1. The molecule has 0 radical (unpaired) electrons. The van der Waals surface area contributed by atoms with E-state index in [1.165, 1.54) is 25.3 Å². The topological polar surface area (TPSA) is 64.3 Å². The maximum absolute atomic E-state index is 13.7. The fourth-order valence-electron chi connectivity index (χ4n) is 1.65. The third kappa shape index (κ3) is 2.82. The molecule has 0 unspecified atom stereocenters. The van der Waals surface area contributed by atoms with Gasteiger partial charge in [0, 0.05) is 11.4 Å². The fourth-order valence-corrected chi connectivity index (χ4v) is 1.65. The van der Waals surface area contributed by atoms with E-state index in [1.807, 2.05) is 0 Å². The monoisotopic (exact) mass is 260 g/mol. The molecule has 2 aromatic carbocycles. The summed E-state index contributed by atoms with van der Waals surface area (Å²) in [6.07, 6.45) is 0. The Morgan fingerprint density at radius 2 is 1.89 bits per heavy atom. The lowest BCUT2D eigenvalue weighted by Gasteiger charge is -2.10. The molecule has 19 heavy (non-hydrogen) atoms. The van der Waals surface area contributed by atoms with Crippen molar-refractivity contribution in [2.24, 2.45) is 0 Å². The van der Waals surface area contributed by atoms with E-state index < -0.39 is 11.7 Å². The van der Waals surface area contributed by atoms with Crippen LogP contribution in [0.25, 0.3) is 0 Å². The third-order valence-corrected chi connectivity index (χ3v) is 2.59. The highest BCUT2D eigenvalue weighted by atomic mass is 19.1. The number of methoxy groups -OCH3 is 1. The van der Waals surface area contributed by atoms with Crippen LogP contribution in [-0.2, 0) is 0 Å². The number of anilines is 2. The average Bonchev–Trinajstić information content (AvgIpc) is 2.40. The maximum atomic E-state index is 13.7. The predicted molar refractivity (Wildman–Crippen MR) is 71.8 cm³/mol. The second-order valence-electron chi connectivity index (χ2n) is 3.89. The Labute approximate surface area is 110 Å². The first-order valence-corrected chi connectivity index (χ1v) is 5.61. The van der Waals surface area contributed by atoms with Crippen molar-refractivity contribution in [1.29, 1.82) is 0 Å². The summed E-state index contributed by atoms with van der Waals surface area (Å²) in [5.74, 6) is -1.01. The Hall–Kier alpha value is -2.56. The van der Waals surface area contributed by atoms with Gasteiger partial charge in [-0.05, 0) is 36.4 Å². The number of hydrogen-bond donors (Lipinski definition) is 2. The van der Waals surface area contributed by atoms with E-state index in [0.717, 1.165) is 0 Å². The molecule has 0 fully saturated rings. The van der Waals surface area contributed by atoms with E-state index in [1.54, 1.807) is 24.3 Å². The minimum atomic E-state index is -0.632. The molecule has 0 aliphatic rings. The van der Waals surface area contributed by atoms with E-state index in [-0.39, 0.29) is 11.3 Å². The fraction of sp³-hybridized carbons (Fsp3) is 0.0714. The molecular weight excluding hydrogens is 247 g/mol. The molecule has 3 N–H and O–H groups in total. The lowest BCUT2D eigenvalue weighted by Crippen LogP contribution is -2.15. The molecule has 1 amide bonds. The molecule has 0 aromatic heterocycles. The largest absolute Gasteiger partial charge is 0.496 e. The van der Waals surface area contributed by atoms with Crippen LogP contribution in [-0.4, -0.2) is 13.0 Å². The number of rotatable bonds is 3. The Balaban J connectivity index is 2.27. The normalized spacial score (nSPS) is 10.0. The molecule has 2 aromatic rings. The summed E-state index contributed by atoms with van der Waals surface area (Å²) < 4.78 is 18.7. The van der Waals surface area contributed by atoms with E-state index in [9.17, 15) is 9.18 Å². The molecule has 98 valence electrons. The highest BCUT2D eigenvalue weighted by Gasteiger charge is 2.17. The predicted octanol–water partition coefficient (Wildman–Crippen LogP) is 2.67. The van der Waals surface area contributed by atoms with Crippen LogP contribution in [0.1, 0.15) is 10.4 Å². The van der Waals surface area contributed by atoms with Crippen molar-refractivity contribution < 1.29 is 13.9 Å². The van der Waals surface area contributed by atoms with E-state index in [4.69, 9.17) is 10.5 Å². The second kappa shape index (κ2) is 5.39. The van der Waals surface area contributed by atoms with Crippen LogP contribution in [0.15, 0.2) is 42.5 Å². The van der Waals surface area contributed by atoms with Gasteiger partial charge in [0.1, 0.15) is 17.1 Å². The van der Waals surface area contributed by atoms with Crippen molar-refractivity contribution >= 4 is 17.3 Å². The number of nitrogens with one attached hydrogen (secondary N) is 1. The van der Waals surface area contributed by atoms with Gasteiger partial charge in [0.15, 0.2) is 0 Å². The smallest absolute Gasteiger partial charge is 0.262 e. The Morgan fingerprint density at radius 3 is 2.53 bits per heavy atom. The number of nitrogens with two attached hydrogens (primary N) is 1. The lowest BCUT2D eigenvalue weighted by molar-refractivity contribution is 0.102. The Morgan fingerprint density at radius 1 is 1.21 bits per heavy atom. The zero-order valence-electron chi connectivity index (χ0n) is 10.3. The summed E-state index contributed by atoms with van der Waals surface area (Å²) in [6, 6.07) is 10.8. The van der Waals surface area contributed by atoms with Crippen LogP contribution < -0.4 is 15.8 Å². The van der Waals surface area contributed by atoms with Gasteiger partial charge in [-0.25, -0.2) is 4.39 Å². The highest BCUT2D eigenvalue weighted by Crippen LogP contribution is 2.22. The number of nitrogen functional groups attached to an aromatic ring is 1. The number of carbonyl (C=O) groups is 1. The quantitative estimate of drug-likeness (QED) is 0.834. The van der Waals surface area contributed by atoms with Crippen molar-refractivity contribution in [2.75, 3.05) is 18.2 Å². The summed E-state index contributed by atoms with van der Waals surface area (Å²) in [7, 11) is 1.38. The molecule has 5 heteroatoms. The molecular formula is C14H13FN2O2. The molecule has 0 spiro atoms.